The molecule has 3 aromatic rings. The number of carbonyl (C=O) groups excluding carboxylic acids is 1. The highest BCUT2D eigenvalue weighted by atomic mass is 32.1. The van der Waals surface area contributed by atoms with Crippen LogP contribution in [0, 0.1) is 20.8 Å². The van der Waals surface area contributed by atoms with Gasteiger partial charge in [-0.2, -0.15) is 0 Å². The fourth-order valence-corrected chi connectivity index (χ4v) is 4.15. The Kier molecular flexibility index (Phi) is 5.37. The molecule has 2 aromatic carbocycles. The first-order valence-corrected chi connectivity index (χ1v) is 9.73. The molecule has 6 heteroatoms. The molecule has 0 spiro atoms. The highest BCUT2D eigenvalue weighted by molar-refractivity contribution is 7.16. The smallest absolute Gasteiger partial charge is 0.308 e. The maximum atomic E-state index is 12.3. The second-order valence-corrected chi connectivity index (χ2v) is 8.05. The van der Waals surface area contributed by atoms with Gasteiger partial charge >= 0.3 is 4.87 Å². The molecular formula is C21H24N2O3S. The molecule has 0 fully saturated rings. The summed E-state index contributed by atoms with van der Waals surface area (Å²) in [6.45, 7) is 9.91. The Labute approximate surface area is 162 Å². The van der Waals surface area contributed by atoms with Crippen LogP contribution >= 0.6 is 11.3 Å². The van der Waals surface area contributed by atoms with Gasteiger partial charge in [0.2, 0.25) is 0 Å². The van der Waals surface area contributed by atoms with E-state index in [0.717, 1.165) is 32.7 Å². The summed E-state index contributed by atoms with van der Waals surface area (Å²) < 4.78 is 8.33. The Morgan fingerprint density at radius 2 is 1.93 bits per heavy atom. The molecule has 5 nitrogen and oxygen atoms in total. The Morgan fingerprint density at radius 1 is 1.19 bits per heavy atom. The number of fused-ring (bicyclic) bond motifs is 1. The average molecular weight is 385 g/mol. The largest absolute Gasteiger partial charge is 0.483 e. The predicted octanol–water partition coefficient (Wildman–Crippen LogP) is 4.59. The van der Waals surface area contributed by atoms with Crippen molar-refractivity contribution in [3.05, 3.63) is 56.7 Å². The van der Waals surface area contributed by atoms with Gasteiger partial charge in [-0.3, -0.25) is 14.2 Å². The Balaban J connectivity index is 1.72. The number of nitrogens with zero attached hydrogens (tertiary/aromatic N) is 1. The van der Waals surface area contributed by atoms with Crippen molar-refractivity contribution in [2.75, 3.05) is 11.9 Å². The highest BCUT2D eigenvalue weighted by Crippen LogP contribution is 2.25. The van der Waals surface area contributed by atoms with E-state index in [1.54, 1.807) is 4.57 Å². The van der Waals surface area contributed by atoms with Crippen molar-refractivity contribution in [2.24, 2.45) is 0 Å². The average Bonchev–Trinajstić information content (AvgIpc) is 2.91. The van der Waals surface area contributed by atoms with Crippen molar-refractivity contribution < 1.29 is 9.53 Å². The summed E-state index contributed by atoms with van der Waals surface area (Å²) in [6.07, 6.45) is 0. The molecule has 0 atom stereocenters. The van der Waals surface area contributed by atoms with Gasteiger partial charge in [0.05, 0.1) is 10.2 Å². The van der Waals surface area contributed by atoms with Gasteiger partial charge in [0.25, 0.3) is 5.91 Å². The third kappa shape index (κ3) is 4.06. The fraction of sp³-hybridized carbons (Fsp3) is 0.333. The van der Waals surface area contributed by atoms with E-state index in [1.807, 2.05) is 58.9 Å². The van der Waals surface area contributed by atoms with Crippen molar-refractivity contribution in [3.8, 4) is 5.75 Å². The lowest BCUT2D eigenvalue weighted by atomic mass is 10.1. The maximum absolute atomic E-state index is 12.3. The van der Waals surface area contributed by atoms with Crippen LogP contribution in [0.3, 0.4) is 0 Å². The number of aryl methyl sites for hydroxylation is 2. The van der Waals surface area contributed by atoms with E-state index >= 15 is 0 Å². The minimum absolute atomic E-state index is 0.0112. The summed E-state index contributed by atoms with van der Waals surface area (Å²) in [6, 6.07) is 9.65. The van der Waals surface area contributed by atoms with Crippen molar-refractivity contribution in [3.63, 3.8) is 0 Å². The lowest BCUT2D eigenvalue weighted by Crippen LogP contribution is -2.20. The van der Waals surface area contributed by atoms with Crippen LogP contribution in [0.1, 0.15) is 36.6 Å². The van der Waals surface area contributed by atoms with Gasteiger partial charge in [-0.15, -0.1) is 0 Å². The number of anilines is 1. The Hall–Kier alpha value is -2.60. The number of ether oxygens (including phenoxy) is 1. The van der Waals surface area contributed by atoms with Crippen molar-refractivity contribution in [2.45, 2.75) is 40.7 Å². The molecular weight excluding hydrogens is 360 g/mol. The van der Waals surface area contributed by atoms with Crippen LogP contribution in [0.25, 0.3) is 10.2 Å². The van der Waals surface area contributed by atoms with Crippen LogP contribution in [0.4, 0.5) is 5.69 Å². The van der Waals surface area contributed by atoms with Crippen LogP contribution in [0.5, 0.6) is 5.75 Å². The molecule has 0 saturated heterocycles. The molecule has 0 bridgehead atoms. The molecule has 0 aliphatic rings. The van der Waals surface area contributed by atoms with Gasteiger partial charge in [0, 0.05) is 11.7 Å². The van der Waals surface area contributed by atoms with Gasteiger partial charge in [-0.1, -0.05) is 17.4 Å². The highest BCUT2D eigenvalue weighted by Gasteiger charge is 2.12. The predicted molar refractivity (Wildman–Crippen MR) is 111 cm³/mol. The van der Waals surface area contributed by atoms with E-state index in [1.165, 1.54) is 11.3 Å². The molecule has 1 amide bonds. The summed E-state index contributed by atoms with van der Waals surface area (Å²) >= 11 is 1.19. The SMILES string of the molecule is Cc1cc(C)c(C)c(OCC(=O)Nc2ccc3c(c2)sc(=O)n3C(C)C)c1. The Morgan fingerprint density at radius 3 is 2.63 bits per heavy atom. The van der Waals surface area contributed by atoms with E-state index in [-0.39, 0.29) is 23.4 Å². The molecule has 27 heavy (non-hydrogen) atoms. The fourth-order valence-electron chi connectivity index (χ4n) is 3.09. The molecule has 0 aliphatic heterocycles. The third-order valence-electron chi connectivity index (χ3n) is 4.54. The number of amides is 1. The zero-order valence-corrected chi connectivity index (χ0v) is 17.1. The number of thiazole rings is 1. The van der Waals surface area contributed by atoms with Crippen LogP contribution in [-0.4, -0.2) is 17.1 Å². The first-order chi connectivity index (χ1) is 12.8. The lowest BCUT2D eigenvalue weighted by Gasteiger charge is -2.12. The van der Waals surface area contributed by atoms with Gasteiger partial charge in [-0.25, -0.2) is 0 Å². The van der Waals surface area contributed by atoms with E-state index in [0.29, 0.717) is 5.69 Å². The zero-order valence-electron chi connectivity index (χ0n) is 16.3. The summed E-state index contributed by atoms with van der Waals surface area (Å²) in [4.78, 5) is 24.4. The van der Waals surface area contributed by atoms with Crippen LogP contribution in [0.15, 0.2) is 35.1 Å². The van der Waals surface area contributed by atoms with Crippen molar-refractivity contribution in [1.82, 2.24) is 4.57 Å². The minimum atomic E-state index is -0.233. The zero-order chi connectivity index (χ0) is 19.7. The number of hydrogen-bond acceptors (Lipinski definition) is 4. The monoisotopic (exact) mass is 384 g/mol. The van der Waals surface area contributed by atoms with Gasteiger partial charge < -0.3 is 10.1 Å². The second kappa shape index (κ2) is 7.56. The summed E-state index contributed by atoms with van der Waals surface area (Å²) in [5.41, 5.74) is 4.82. The van der Waals surface area contributed by atoms with E-state index < -0.39 is 0 Å². The quantitative estimate of drug-likeness (QED) is 0.700. The lowest BCUT2D eigenvalue weighted by molar-refractivity contribution is -0.118. The van der Waals surface area contributed by atoms with Crippen molar-refractivity contribution >= 4 is 33.1 Å². The number of rotatable bonds is 5. The molecule has 3 rings (SSSR count). The van der Waals surface area contributed by atoms with E-state index in [4.69, 9.17) is 4.74 Å². The third-order valence-corrected chi connectivity index (χ3v) is 5.45. The Bertz CT molecular complexity index is 1060. The molecule has 1 aromatic heterocycles. The van der Waals surface area contributed by atoms with Crippen LogP contribution in [0.2, 0.25) is 0 Å². The molecule has 0 radical (unpaired) electrons. The van der Waals surface area contributed by atoms with Crippen LogP contribution < -0.4 is 14.9 Å². The van der Waals surface area contributed by atoms with E-state index in [9.17, 15) is 9.59 Å². The molecule has 0 aliphatic carbocycles. The molecule has 1 heterocycles. The van der Waals surface area contributed by atoms with Crippen molar-refractivity contribution in [1.29, 1.82) is 0 Å². The summed E-state index contributed by atoms with van der Waals surface area (Å²) in [5.74, 6) is 0.494. The number of carbonyl (C=O) groups is 1. The molecule has 142 valence electrons. The van der Waals surface area contributed by atoms with E-state index in [2.05, 4.69) is 11.4 Å². The number of hydrogen-bond donors (Lipinski definition) is 1. The molecule has 0 unspecified atom stereocenters. The summed E-state index contributed by atoms with van der Waals surface area (Å²) in [5, 5.41) is 2.84. The molecule has 1 N–H and O–H groups in total. The van der Waals surface area contributed by atoms with Gasteiger partial charge in [0.15, 0.2) is 6.61 Å². The number of nitrogens with one attached hydrogen (secondary N) is 1. The minimum Gasteiger partial charge on any atom is -0.483 e. The number of benzene rings is 2. The van der Waals surface area contributed by atoms with Crippen LogP contribution in [-0.2, 0) is 4.79 Å². The normalized spacial score (nSPS) is 11.2. The number of aromatic nitrogens is 1. The van der Waals surface area contributed by atoms with Gasteiger partial charge in [0.1, 0.15) is 5.75 Å². The van der Waals surface area contributed by atoms with Gasteiger partial charge in [-0.05, 0) is 75.6 Å². The molecule has 0 saturated carbocycles. The topological polar surface area (TPSA) is 60.3 Å². The summed E-state index contributed by atoms with van der Waals surface area (Å²) in [7, 11) is 0. The first-order valence-electron chi connectivity index (χ1n) is 8.92. The second-order valence-electron chi connectivity index (χ2n) is 7.06. The standard InChI is InChI=1S/C21H24N2O3S/c1-12(2)23-17-7-6-16(10-19(17)27-21(23)25)22-20(24)11-26-18-9-13(3)8-14(4)15(18)5/h6-10,12H,11H2,1-5H3,(H,22,24). The maximum Gasteiger partial charge on any atom is 0.308 e. The first kappa shape index (κ1) is 19.2.